The first-order chi connectivity index (χ1) is 60.9. The molecule has 0 amide bonds. The van der Waals surface area contributed by atoms with Crippen molar-refractivity contribution in [3.63, 3.8) is 0 Å². The second kappa shape index (κ2) is 98.4. The van der Waals surface area contributed by atoms with Gasteiger partial charge in [-0.25, -0.2) is 0 Å². The molecule has 0 fully saturated rings. The van der Waals surface area contributed by atoms with Crippen LogP contribution in [0.1, 0.15) is 373 Å². The van der Waals surface area contributed by atoms with Crippen LogP contribution < -0.4 is 0 Å². The van der Waals surface area contributed by atoms with Crippen LogP contribution in [-0.4, -0.2) is 17.3 Å². The molecule has 0 N–H and O–H groups in total. The molecule has 0 aromatic heterocycles. The van der Waals surface area contributed by atoms with Crippen LogP contribution in [0.15, 0.2) is 22.3 Å². The summed E-state index contributed by atoms with van der Waals surface area (Å²) in [6.07, 6.45) is 67.3. The molecule has 0 heterocycles. The van der Waals surface area contributed by atoms with Gasteiger partial charge in [0, 0.05) is 132 Å². The second-order valence-corrected chi connectivity index (χ2v) is 28.5. The SMILES string of the molecule is C#CC#CC#CC#CC#CC#CC#CC#CC#CC#CC#C.C#CC#CC#CC#CC#CC#CC#CC#CC#CC#CC#CC#CC#CC#CC#CC#CC.CCCCCC(=O)C(CCCC)=C(CCCCC)CCCCC.CCCCCC(=O)CCCCC.CCCCCC1=C(CCCC)C(=O)C(CCCC)C(CCCCC)(CCCCC)C1CCCC. The van der Waals surface area contributed by atoms with Crippen molar-refractivity contribution in [2.45, 2.75) is 373 Å². The lowest BCUT2D eigenvalue weighted by atomic mass is 9.51. The molecule has 0 aromatic rings. The molecule has 3 nitrogen and oxygen atoms in total. The summed E-state index contributed by atoms with van der Waals surface area (Å²) < 4.78 is 0. The van der Waals surface area contributed by atoms with Gasteiger partial charge >= 0.3 is 0 Å². The van der Waals surface area contributed by atoms with Crippen LogP contribution in [0.3, 0.4) is 0 Å². The summed E-state index contributed by atoms with van der Waals surface area (Å²) >= 11 is 0. The fourth-order valence-electron chi connectivity index (χ4n) is 12.8. The predicted molar refractivity (Wildman–Crippen MR) is 529 cm³/mol. The molecule has 0 aromatic carbocycles. The van der Waals surface area contributed by atoms with Gasteiger partial charge in [0.2, 0.25) is 0 Å². The molecule has 1 rings (SSSR count). The van der Waals surface area contributed by atoms with E-state index >= 15 is 0 Å². The highest BCUT2D eigenvalue weighted by atomic mass is 16.1. The molecule has 634 valence electrons. The van der Waals surface area contributed by atoms with Crippen LogP contribution >= 0.6 is 0 Å². The number of carbonyl (C=O) groups is 3. The summed E-state index contributed by atoms with van der Waals surface area (Å²) in [5.74, 6) is 128. The van der Waals surface area contributed by atoms with Gasteiger partial charge in [-0.3, -0.25) is 14.4 Å². The van der Waals surface area contributed by atoms with Gasteiger partial charge < -0.3 is 0 Å². The lowest BCUT2D eigenvalue weighted by Crippen LogP contribution is -2.48. The van der Waals surface area contributed by atoms with Gasteiger partial charge in [0.15, 0.2) is 11.6 Å². The van der Waals surface area contributed by atoms with Crippen molar-refractivity contribution in [3.05, 3.63) is 22.3 Å². The maximum Gasteiger partial charge on any atom is 0.162 e. The molecular weight excluding hydrogens is 1500 g/mol. The molecule has 124 heavy (non-hydrogen) atoms. The standard InChI is InChI=1S/C33H62O.C33H4.C22H42O.C22H2.C11H22O/c1-7-13-19-23-28-29(22-16-10-4)32(34)31(25-18-12-6)33(26-20-14-8-2,27-21-15-9-3)30(28)24-17-11-5;1-3-5-7-9-11-13-15-17-19-21-23-25-27-29-31-33-32-30-28-26-24-22-20-18-16-14-12-10-8-6-4-2;1-5-9-13-16-20(17-14-10-6-2)21(18-12-8-4)22(23)19-15-11-7-3;1-3-5-7-9-11-13-15-17-19-21-22-20-18-16-14-12-10-8-6-4-2;1-3-5-7-9-11(12)10-8-6-4-2/h30-31H,7-27H2,1-6H3;1H,2H3;5-19H2,1-4H3;1-2H;3-10H2,1-2H3. The Hall–Kier alpha value is -13.4. The summed E-state index contributed by atoms with van der Waals surface area (Å²) in [6, 6.07) is 0. The minimum absolute atomic E-state index is 0.225. The van der Waals surface area contributed by atoms with Crippen molar-refractivity contribution in [1.29, 1.82) is 0 Å². The van der Waals surface area contributed by atoms with E-state index in [4.69, 9.17) is 19.3 Å². The zero-order chi connectivity index (χ0) is 91.9. The molecule has 0 aliphatic heterocycles. The van der Waals surface area contributed by atoms with E-state index in [0.717, 1.165) is 70.6 Å². The third-order valence-corrected chi connectivity index (χ3v) is 18.8. The van der Waals surface area contributed by atoms with Crippen LogP contribution in [0.2, 0.25) is 0 Å². The average molecular weight is 1630 g/mol. The Morgan fingerprint density at radius 2 is 0.508 bits per heavy atom. The Morgan fingerprint density at radius 3 is 0.790 bits per heavy atom. The van der Waals surface area contributed by atoms with Crippen LogP contribution in [0, 0.1) is 338 Å². The zero-order valence-corrected chi connectivity index (χ0v) is 77.7. The van der Waals surface area contributed by atoms with E-state index in [1.807, 2.05) is 0 Å². The predicted octanol–water partition coefficient (Wildman–Crippen LogP) is 23.9. The van der Waals surface area contributed by atoms with E-state index in [2.05, 4.69) is 385 Å². The van der Waals surface area contributed by atoms with Gasteiger partial charge in [0.25, 0.3) is 0 Å². The van der Waals surface area contributed by atoms with E-state index in [-0.39, 0.29) is 11.3 Å². The fourth-order valence-corrected chi connectivity index (χ4v) is 12.8. The molecule has 0 saturated heterocycles. The molecule has 2 unspecified atom stereocenters. The maximum absolute atomic E-state index is 14.4. The molecule has 0 bridgehead atoms. The molecule has 0 saturated carbocycles. The van der Waals surface area contributed by atoms with Gasteiger partial charge in [0.05, 0.1) is 0 Å². The first-order valence-corrected chi connectivity index (χ1v) is 45.2. The molecule has 3 heteroatoms. The topological polar surface area (TPSA) is 51.2 Å². The number of Topliss-reactive ketones (excluding diaryl/α,β-unsaturated/α-hetero) is 3. The Morgan fingerprint density at radius 1 is 0.258 bits per heavy atom. The quantitative estimate of drug-likeness (QED) is 0.0347. The van der Waals surface area contributed by atoms with Crippen LogP contribution in [-0.2, 0) is 14.4 Å². The van der Waals surface area contributed by atoms with E-state index in [1.165, 1.54) is 229 Å². The summed E-state index contributed by atoms with van der Waals surface area (Å²) in [6.45, 7) is 28.9. The van der Waals surface area contributed by atoms with E-state index in [9.17, 15) is 14.4 Å². The summed E-state index contributed by atoms with van der Waals surface area (Å²) in [5.41, 5.74) is 5.95. The van der Waals surface area contributed by atoms with Gasteiger partial charge in [-0.2, -0.15) is 0 Å². The van der Waals surface area contributed by atoms with Crippen molar-refractivity contribution < 1.29 is 14.4 Å². The normalized spacial score (nSPS) is 10.3. The lowest BCUT2D eigenvalue weighted by molar-refractivity contribution is -0.129. The van der Waals surface area contributed by atoms with E-state index in [0.29, 0.717) is 23.3 Å². The van der Waals surface area contributed by atoms with Crippen molar-refractivity contribution in [3.8, 4) is 321 Å². The largest absolute Gasteiger partial charge is 0.300 e. The number of allylic oxidation sites excluding steroid dienone is 4. The lowest BCUT2D eigenvalue weighted by Gasteiger charge is -2.52. The molecule has 1 aliphatic carbocycles. The third-order valence-electron chi connectivity index (χ3n) is 18.8. The van der Waals surface area contributed by atoms with E-state index < -0.39 is 0 Å². The monoisotopic (exact) mass is 1630 g/mol. The van der Waals surface area contributed by atoms with Crippen molar-refractivity contribution in [2.75, 3.05) is 0 Å². The van der Waals surface area contributed by atoms with Crippen molar-refractivity contribution >= 4 is 17.3 Å². The second-order valence-electron chi connectivity index (χ2n) is 28.5. The fraction of sp³-hybridized carbons (Fsp3) is 0.496. The van der Waals surface area contributed by atoms with Gasteiger partial charge in [-0.05, 0) is 328 Å². The van der Waals surface area contributed by atoms with Crippen LogP contribution in [0.25, 0.3) is 0 Å². The Kier molecular flexibility index (Phi) is 92.8. The third kappa shape index (κ3) is 74.9. The minimum Gasteiger partial charge on any atom is -0.300 e. The number of hydrogen-bond acceptors (Lipinski definition) is 3. The van der Waals surface area contributed by atoms with Crippen LogP contribution in [0.5, 0.6) is 0 Å². The zero-order valence-electron chi connectivity index (χ0n) is 77.7. The highest BCUT2D eigenvalue weighted by molar-refractivity contribution is 6.00. The number of hydrogen-bond donors (Lipinski definition) is 0. The minimum atomic E-state index is 0.225. The average Bonchev–Trinajstić information content (AvgIpc) is 0.735. The number of terminal acetylenes is 3. The van der Waals surface area contributed by atoms with Crippen LogP contribution in [0.4, 0.5) is 0 Å². The summed E-state index contributed by atoms with van der Waals surface area (Å²) in [4.78, 5) is 38.4. The summed E-state index contributed by atoms with van der Waals surface area (Å²) in [5, 5.41) is 0. The molecule has 1 aliphatic rings. The highest BCUT2D eigenvalue weighted by Crippen LogP contribution is 2.57. The first-order valence-electron chi connectivity index (χ1n) is 45.2. The summed E-state index contributed by atoms with van der Waals surface area (Å²) in [7, 11) is 0. The maximum atomic E-state index is 14.4. The molecule has 0 radical (unpaired) electrons. The number of carbonyl (C=O) groups excluding carboxylic acids is 3. The molecular formula is C121H132O3. The number of ketones is 3. The smallest absolute Gasteiger partial charge is 0.162 e. The Labute approximate surface area is 760 Å². The van der Waals surface area contributed by atoms with Gasteiger partial charge in [-0.1, -0.05) is 254 Å². The van der Waals surface area contributed by atoms with Gasteiger partial charge in [-0.15, -0.1) is 19.3 Å². The Balaban J connectivity index is -0.000000751. The van der Waals surface area contributed by atoms with Gasteiger partial charge in [0.1, 0.15) is 5.78 Å². The number of unbranched alkanes of at least 4 members (excludes halogenated alkanes) is 20. The molecule has 0 spiro atoms. The van der Waals surface area contributed by atoms with Crippen molar-refractivity contribution in [2.24, 2.45) is 17.3 Å². The highest BCUT2D eigenvalue weighted by Gasteiger charge is 2.52. The van der Waals surface area contributed by atoms with E-state index in [1.54, 1.807) is 12.5 Å². The number of rotatable bonds is 45. The van der Waals surface area contributed by atoms with Crippen molar-refractivity contribution in [1.82, 2.24) is 0 Å². The Bertz CT molecular complexity index is 5020. The first kappa shape index (κ1) is 117. The molecule has 2 atom stereocenters.